The maximum Gasteiger partial charge on any atom is 0.274 e. The average molecular weight is 653 g/mol. The minimum Gasteiger partial charge on any atom is -0.505 e. The van der Waals surface area contributed by atoms with Crippen LogP contribution in [0.4, 0.5) is 10.2 Å². The molecule has 5 N–H and O–H groups in total. The van der Waals surface area contributed by atoms with Crippen LogP contribution in [0.3, 0.4) is 0 Å². The molecule has 1 fully saturated rings. The van der Waals surface area contributed by atoms with Crippen LogP contribution in [0.1, 0.15) is 53.6 Å². The number of carbonyl (C=O) groups excluding carboxylic acids is 1. The molecule has 0 radical (unpaired) electrons. The molecular weight excluding hydrogens is 611 g/mol. The molecule has 0 saturated heterocycles. The molecule has 1 aliphatic heterocycles. The van der Waals surface area contributed by atoms with E-state index >= 15 is 0 Å². The number of imidazole rings is 1. The zero-order valence-corrected chi connectivity index (χ0v) is 27.5. The fraction of sp³-hybridized carbons (Fsp3) is 0.400. The number of benzene rings is 2. The van der Waals surface area contributed by atoms with E-state index in [4.69, 9.17) is 4.98 Å². The van der Waals surface area contributed by atoms with Crippen molar-refractivity contribution in [2.75, 3.05) is 39.0 Å². The van der Waals surface area contributed by atoms with Gasteiger partial charge < -0.3 is 30.5 Å². The van der Waals surface area contributed by atoms with Crippen LogP contribution in [0.15, 0.2) is 42.7 Å². The molecule has 7 rings (SSSR count). The Balaban J connectivity index is 0.959. The van der Waals surface area contributed by atoms with Crippen LogP contribution in [0.5, 0.6) is 5.75 Å². The number of H-pyrrole nitrogens is 2. The zero-order valence-electron chi connectivity index (χ0n) is 27.5. The third-order valence-electron chi connectivity index (χ3n) is 9.58. The van der Waals surface area contributed by atoms with Crippen LogP contribution in [0.2, 0.25) is 0 Å². The number of nitrogens with one attached hydrogen (secondary N) is 4. The monoisotopic (exact) mass is 652 g/mol. The van der Waals surface area contributed by atoms with Crippen LogP contribution >= 0.6 is 0 Å². The number of nitrogens with zero attached hydrogens (tertiary/aromatic N) is 6. The van der Waals surface area contributed by atoms with Gasteiger partial charge in [0.2, 0.25) is 0 Å². The number of phenolic OH excluding ortho intramolecular Hbond substituents is 1. The number of halogens is 1. The lowest BCUT2D eigenvalue weighted by atomic mass is 9.86. The molecule has 2 aromatic carbocycles. The summed E-state index contributed by atoms with van der Waals surface area (Å²) in [7, 11) is 4.27. The van der Waals surface area contributed by atoms with Gasteiger partial charge in [-0.05, 0) is 87.3 Å². The molecule has 250 valence electrons. The summed E-state index contributed by atoms with van der Waals surface area (Å²) < 4.78 is 14.2. The number of rotatable bonds is 11. The second kappa shape index (κ2) is 13.3. The summed E-state index contributed by atoms with van der Waals surface area (Å²) >= 11 is 0. The third kappa shape index (κ3) is 6.35. The number of aromatic nitrogens is 6. The van der Waals surface area contributed by atoms with Crippen molar-refractivity contribution in [1.82, 2.24) is 45.2 Å². The van der Waals surface area contributed by atoms with E-state index in [0.717, 1.165) is 58.5 Å². The largest absolute Gasteiger partial charge is 0.505 e. The SMILES string of the molecule is CCc1cc(O)c(F)cc1-c1ccc2c(-c3nc4c([nH]3)CN(C(=O)c3cnc(NCCCNC5CC(N(C)C)C5)cn3)CC4)n[nH]c2c1. The molecule has 48 heavy (non-hydrogen) atoms. The van der Waals surface area contributed by atoms with Crippen molar-refractivity contribution in [3.05, 3.63) is 71.2 Å². The Hall–Kier alpha value is -4.88. The van der Waals surface area contributed by atoms with Crippen molar-refractivity contribution >= 4 is 22.6 Å². The lowest BCUT2D eigenvalue weighted by molar-refractivity contribution is 0.0725. The first kappa shape index (κ1) is 31.7. The highest BCUT2D eigenvalue weighted by Crippen LogP contribution is 2.34. The minimum atomic E-state index is -0.654. The highest BCUT2D eigenvalue weighted by Gasteiger charge is 2.30. The fourth-order valence-corrected chi connectivity index (χ4v) is 6.59. The number of carbonyl (C=O) groups is 1. The fourth-order valence-electron chi connectivity index (χ4n) is 6.59. The van der Waals surface area contributed by atoms with Gasteiger partial charge in [-0.2, -0.15) is 5.10 Å². The van der Waals surface area contributed by atoms with Crippen molar-refractivity contribution in [3.63, 3.8) is 0 Å². The molecule has 0 spiro atoms. The summed E-state index contributed by atoms with van der Waals surface area (Å²) in [4.78, 5) is 34.4. The van der Waals surface area contributed by atoms with Crippen molar-refractivity contribution in [2.24, 2.45) is 0 Å². The molecule has 0 atom stereocenters. The first-order valence-electron chi connectivity index (χ1n) is 16.6. The molecule has 5 aromatic rings. The van der Waals surface area contributed by atoms with Crippen LogP contribution in [0, 0.1) is 5.82 Å². The van der Waals surface area contributed by atoms with Crippen LogP contribution in [-0.4, -0.2) is 96.8 Å². The second-order valence-electron chi connectivity index (χ2n) is 12.9. The number of aromatic amines is 2. The predicted molar refractivity (Wildman–Crippen MR) is 182 cm³/mol. The van der Waals surface area contributed by atoms with Gasteiger partial charge in [-0.25, -0.2) is 19.3 Å². The smallest absolute Gasteiger partial charge is 0.274 e. The van der Waals surface area contributed by atoms with E-state index in [1.54, 1.807) is 11.1 Å². The third-order valence-corrected chi connectivity index (χ3v) is 9.58. The van der Waals surface area contributed by atoms with Crippen molar-refractivity contribution in [3.8, 4) is 28.4 Å². The van der Waals surface area contributed by atoms with E-state index in [0.29, 0.717) is 61.0 Å². The van der Waals surface area contributed by atoms with Gasteiger partial charge in [0, 0.05) is 37.0 Å². The summed E-state index contributed by atoms with van der Waals surface area (Å²) in [5, 5.41) is 25.2. The van der Waals surface area contributed by atoms with Gasteiger partial charge in [-0.3, -0.25) is 9.89 Å². The van der Waals surface area contributed by atoms with Gasteiger partial charge in [-0.15, -0.1) is 0 Å². The lowest BCUT2D eigenvalue weighted by Crippen LogP contribution is -2.50. The van der Waals surface area contributed by atoms with Crippen molar-refractivity contribution < 1.29 is 14.3 Å². The zero-order chi connectivity index (χ0) is 33.4. The number of anilines is 1. The average Bonchev–Trinajstić information content (AvgIpc) is 3.69. The Kier molecular flexibility index (Phi) is 8.80. The topological polar surface area (TPSA) is 151 Å². The molecule has 3 aromatic heterocycles. The highest BCUT2D eigenvalue weighted by atomic mass is 19.1. The molecule has 4 heterocycles. The Morgan fingerprint density at radius 3 is 2.77 bits per heavy atom. The number of aryl methyl sites for hydroxylation is 1. The van der Waals surface area contributed by atoms with Gasteiger partial charge in [-0.1, -0.05) is 13.0 Å². The summed E-state index contributed by atoms with van der Waals surface area (Å²) in [5.41, 5.74) is 5.93. The maximum atomic E-state index is 14.2. The molecule has 0 bridgehead atoms. The molecule has 1 saturated carbocycles. The standard InChI is InChI=1S/C35H41FN10O2/c1-4-20-13-31(47)26(36)16-25(20)21-6-7-24-28(12-21)43-44-33(24)34-41-27-8-11-46(19-30(27)42-34)35(48)29-17-40-32(18-39-29)38-10-5-9-37-22-14-23(15-22)45(2)3/h6-7,12-13,16-18,22-23,37,47H,4-5,8-11,14-15,19H2,1-3H3,(H,38,40)(H,41,42)(H,43,44). The maximum absolute atomic E-state index is 14.2. The van der Waals surface area contributed by atoms with Gasteiger partial charge in [0.15, 0.2) is 17.4 Å². The molecule has 2 aliphatic rings. The normalized spacial score (nSPS) is 17.5. The summed E-state index contributed by atoms with van der Waals surface area (Å²) in [6.07, 6.45) is 7.80. The minimum absolute atomic E-state index is 0.175. The van der Waals surface area contributed by atoms with Gasteiger partial charge in [0.25, 0.3) is 5.91 Å². The number of hydrogen-bond acceptors (Lipinski definition) is 9. The second-order valence-corrected chi connectivity index (χ2v) is 12.9. The van der Waals surface area contributed by atoms with E-state index < -0.39 is 5.82 Å². The predicted octanol–water partition coefficient (Wildman–Crippen LogP) is 4.50. The Labute approximate surface area is 278 Å². The Morgan fingerprint density at radius 2 is 2.00 bits per heavy atom. The number of fused-ring (bicyclic) bond motifs is 2. The van der Waals surface area contributed by atoms with Crippen LogP contribution in [0.25, 0.3) is 33.5 Å². The highest BCUT2D eigenvalue weighted by molar-refractivity contribution is 5.94. The summed E-state index contributed by atoms with van der Waals surface area (Å²) in [6.45, 7) is 4.60. The van der Waals surface area contributed by atoms with E-state index in [1.807, 2.05) is 25.1 Å². The molecular formula is C35H41FN10O2. The molecule has 0 unspecified atom stereocenters. The Bertz CT molecular complexity index is 1930. The van der Waals surface area contributed by atoms with Gasteiger partial charge in [0.1, 0.15) is 17.2 Å². The molecule has 1 aliphatic carbocycles. The van der Waals surface area contributed by atoms with E-state index in [9.17, 15) is 14.3 Å². The first-order chi connectivity index (χ1) is 23.3. The molecule has 12 nitrogen and oxygen atoms in total. The van der Waals surface area contributed by atoms with Crippen molar-refractivity contribution in [1.29, 1.82) is 0 Å². The summed E-state index contributed by atoms with van der Waals surface area (Å²) in [6, 6.07) is 9.94. The molecule has 1 amide bonds. The Morgan fingerprint density at radius 1 is 1.15 bits per heavy atom. The van der Waals surface area contributed by atoms with Crippen LogP contribution in [-0.2, 0) is 19.4 Å². The summed E-state index contributed by atoms with van der Waals surface area (Å²) in [5.74, 6) is 0.0961. The van der Waals surface area contributed by atoms with E-state index in [-0.39, 0.29) is 11.7 Å². The molecule has 13 heteroatoms. The number of amides is 1. The quantitative estimate of drug-likeness (QED) is 0.130. The van der Waals surface area contributed by atoms with Gasteiger partial charge >= 0.3 is 0 Å². The van der Waals surface area contributed by atoms with E-state index in [2.05, 4.69) is 54.8 Å². The number of aromatic hydroxyl groups is 1. The lowest BCUT2D eigenvalue weighted by Gasteiger charge is -2.40. The van der Waals surface area contributed by atoms with Gasteiger partial charge in [0.05, 0.1) is 35.8 Å². The van der Waals surface area contributed by atoms with Crippen LogP contribution < -0.4 is 10.6 Å². The van der Waals surface area contributed by atoms with E-state index in [1.165, 1.54) is 31.2 Å². The first-order valence-corrected chi connectivity index (χ1v) is 16.6. The number of hydrogen-bond donors (Lipinski definition) is 5. The number of phenols is 1. The van der Waals surface area contributed by atoms with Crippen molar-refractivity contribution in [2.45, 2.75) is 57.7 Å².